The summed E-state index contributed by atoms with van der Waals surface area (Å²) in [6.07, 6.45) is 1.24. The first kappa shape index (κ1) is 18.4. The number of carbonyl (C=O) groups is 1. The Bertz CT molecular complexity index is 1280. The number of fused-ring (bicyclic) bond motifs is 1. The van der Waals surface area contributed by atoms with Crippen LogP contribution in [0.5, 0.6) is 0 Å². The van der Waals surface area contributed by atoms with Gasteiger partial charge in [0.2, 0.25) is 5.91 Å². The minimum atomic E-state index is -0.810. The van der Waals surface area contributed by atoms with Gasteiger partial charge in [-0.1, -0.05) is 0 Å². The Hall–Kier alpha value is -3.95. The first-order valence-electron chi connectivity index (χ1n) is 8.37. The molecule has 0 saturated carbocycles. The highest BCUT2D eigenvalue weighted by Gasteiger charge is 2.14. The van der Waals surface area contributed by atoms with Gasteiger partial charge in [-0.05, 0) is 42.5 Å². The quantitative estimate of drug-likeness (QED) is 0.572. The van der Waals surface area contributed by atoms with Crippen molar-refractivity contribution in [1.82, 2.24) is 19.4 Å². The third kappa shape index (κ3) is 3.72. The van der Waals surface area contributed by atoms with Crippen LogP contribution in [0.4, 0.5) is 18.9 Å². The molecule has 146 valence electrons. The van der Waals surface area contributed by atoms with Gasteiger partial charge in [-0.25, -0.2) is 22.4 Å². The summed E-state index contributed by atoms with van der Waals surface area (Å²) < 4.78 is 42.0. The monoisotopic (exact) mass is 399 g/mol. The van der Waals surface area contributed by atoms with E-state index in [1.807, 2.05) is 0 Å². The van der Waals surface area contributed by atoms with Crippen molar-refractivity contribution in [2.45, 2.75) is 6.54 Å². The fraction of sp³-hybridized carbons (Fsp3) is 0.0526. The Labute approximate surface area is 161 Å². The second-order valence-electron chi connectivity index (χ2n) is 6.13. The largest absolute Gasteiger partial charge is 0.322 e. The summed E-state index contributed by atoms with van der Waals surface area (Å²) in [6.45, 7) is -0.512. The van der Waals surface area contributed by atoms with Gasteiger partial charge in [0.1, 0.15) is 35.8 Å². The number of carbonyl (C=O) groups excluding carboxylic acids is 1. The van der Waals surface area contributed by atoms with E-state index in [1.165, 1.54) is 41.2 Å². The van der Waals surface area contributed by atoms with Gasteiger partial charge in [-0.15, -0.1) is 0 Å². The van der Waals surface area contributed by atoms with Gasteiger partial charge in [-0.3, -0.25) is 9.59 Å². The van der Waals surface area contributed by atoms with Crippen molar-refractivity contribution in [2.24, 2.45) is 0 Å². The number of amides is 1. The van der Waals surface area contributed by atoms with Crippen LogP contribution < -0.4 is 10.9 Å². The molecule has 1 N–H and O–H groups in total. The molecule has 0 unspecified atom stereocenters. The Morgan fingerprint density at radius 1 is 1.00 bits per heavy atom. The van der Waals surface area contributed by atoms with Gasteiger partial charge in [-0.2, -0.15) is 10.2 Å². The minimum absolute atomic E-state index is 0.143. The molecule has 0 atom stereocenters. The number of aromatic nitrogens is 4. The van der Waals surface area contributed by atoms with E-state index in [0.717, 1.165) is 22.9 Å². The molecule has 2 aromatic carbocycles. The maximum atomic E-state index is 13.6. The molecule has 0 radical (unpaired) electrons. The van der Waals surface area contributed by atoms with E-state index >= 15 is 0 Å². The molecule has 7 nitrogen and oxygen atoms in total. The molecule has 0 aliphatic rings. The summed E-state index contributed by atoms with van der Waals surface area (Å²) >= 11 is 0. The van der Waals surface area contributed by atoms with Crippen LogP contribution in [0.1, 0.15) is 0 Å². The lowest BCUT2D eigenvalue weighted by molar-refractivity contribution is -0.117. The smallest absolute Gasteiger partial charge is 0.293 e. The average molecular weight is 399 g/mol. The summed E-state index contributed by atoms with van der Waals surface area (Å²) in [6, 6.07) is 9.69. The predicted octanol–water partition coefficient (Wildman–Crippen LogP) is 2.61. The highest BCUT2D eigenvalue weighted by atomic mass is 19.1. The van der Waals surface area contributed by atoms with Crippen molar-refractivity contribution in [3.05, 3.63) is 82.7 Å². The highest BCUT2D eigenvalue weighted by molar-refractivity contribution is 5.90. The van der Waals surface area contributed by atoms with Crippen LogP contribution in [-0.2, 0) is 11.3 Å². The predicted molar refractivity (Wildman–Crippen MR) is 97.6 cm³/mol. The van der Waals surface area contributed by atoms with Crippen molar-refractivity contribution in [3.63, 3.8) is 0 Å². The number of hydrogen-bond donors (Lipinski definition) is 1. The van der Waals surface area contributed by atoms with Gasteiger partial charge in [0.25, 0.3) is 5.56 Å². The van der Waals surface area contributed by atoms with E-state index in [4.69, 9.17) is 0 Å². The van der Waals surface area contributed by atoms with Gasteiger partial charge >= 0.3 is 0 Å². The molecule has 0 aliphatic heterocycles. The Morgan fingerprint density at radius 3 is 2.48 bits per heavy atom. The number of benzene rings is 2. The van der Waals surface area contributed by atoms with E-state index in [0.29, 0.717) is 11.3 Å². The number of rotatable bonds is 4. The zero-order chi connectivity index (χ0) is 20.5. The highest BCUT2D eigenvalue weighted by Crippen LogP contribution is 2.18. The summed E-state index contributed by atoms with van der Waals surface area (Å²) in [4.78, 5) is 24.7. The number of anilines is 1. The second-order valence-corrected chi connectivity index (χ2v) is 6.13. The molecule has 0 bridgehead atoms. The normalized spacial score (nSPS) is 11.0. The second kappa shape index (κ2) is 7.23. The lowest BCUT2D eigenvalue weighted by atomic mass is 10.1. The molecular weight excluding hydrogens is 387 g/mol. The van der Waals surface area contributed by atoms with Crippen LogP contribution in [0.15, 0.2) is 59.7 Å². The van der Waals surface area contributed by atoms with Crippen LogP contribution in [0.2, 0.25) is 0 Å². The van der Waals surface area contributed by atoms with Gasteiger partial charge in [0.05, 0.1) is 11.4 Å². The molecule has 2 aromatic heterocycles. The van der Waals surface area contributed by atoms with Gasteiger partial charge in [0, 0.05) is 11.6 Å². The van der Waals surface area contributed by atoms with Gasteiger partial charge in [0.15, 0.2) is 0 Å². The lowest BCUT2D eigenvalue weighted by Gasteiger charge is -2.07. The molecule has 29 heavy (non-hydrogen) atoms. The van der Waals surface area contributed by atoms with Crippen LogP contribution in [0.3, 0.4) is 0 Å². The van der Waals surface area contributed by atoms with E-state index in [2.05, 4.69) is 15.5 Å². The van der Waals surface area contributed by atoms with Crippen LogP contribution >= 0.6 is 0 Å². The molecule has 4 aromatic rings. The molecule has 1 amide bonds. The summed E-state index contributed by atoms with van der Waals surface area (Å²) in [5.41, 5.74) is 0.215. The number of nitrogens with one attached hydrogen (secondary N) is 1. The van der Waals surface area contributed by atoms with Crippen molar-refractivity contribution in [1.29, 1.82) is 0 Å². The van der Waals surface area contributed by atoms with Crippen molar-refractivity contribution in [3.8, 4) is 11.3 Å². The summed E-state index contributed by atoms with van der Waals surface area (Å²) in [5.74, 6) is -2.68. The summed E-state index contributed by atoms with van der Waals surface area (Å²) in [5, 5.41) is 10.3. The third-order valence-corrected chi connectivity index (χ3v) is 4.13. The maximum absolute atomic E-state index is 13.6. The topological polar surface area (TPSA) is 81.3 Å². The molecule has 0 spiro atoms. The maximum Gasteiger partial charge on any atom is 0.293 e. The average Bonchev–Trinajstić information content (AvgIpc) is 3.13. The molecule has 10 heteroatoms. The van der Waals surface area contributed by atoms with Crippen molar-refractivity contribution < 1.29 is 18.0 Å². The first-order valence-corrected chi connectivity index (χ1v) is 8.37. The van der Waals surface area contributed by atoms with E-state index in [-0.39, 0.29) is 11.2 Å². The fourth-order valence-corrected chi connectivity index (χ4v) is 2.73. The summed E-state index contributed by atoms with van der Waals surface area (Å²) in [7, 11) is 0. The first-order chi connectivity index (χ1) is 13.9. The Balaban J connectivity index is 1.60. The minimum Gasteiger partial charge on any atom is -0.322 e. The fourth-order valence-electron chi connectivity index (χ4n) is 2.73. The van der Waals surface area contributed by atoms with Gasteiger partial charge < -0.3 is 5.32 Å². The number of halogens is 3. The van der Waals surface area contributed by atoms with E-state index in [1.54, 1.807) is 0 Å². The molecular formula is C19H12F3N5O2. The van der Waals surface area contributed by atoms with E-state index in [9.17, 15) is 22.8 Å². The van der Waals surface area contributed by atoms with Crippen LogP contribution in [0.25, 0.3) is 16.8 Å². The molecule has 4 rings (SSSR count). The SMILES string of the molecule is O=C(Cn1ncn2nc(-c3ccc(F)cc3)cc2c1=O)Nc1cc(F)ccc1F. The molecule has 0 saturated heterocycles. The molecule has 2 heterocycles. The molecule has 0 fully saturated rings. The Morgan fingerprint density at radius 2 is 1.72 bits per heavy atom. The number of nitrogens with zero attached hydrogens (tertiary/aromatic N) is 4. The van der Waals surface area contributed by atoms with Crippen molar-refractivity contribution in [2.75, 3.05) is 5.32 Å². The van der Waals surface area contributed by atoms with Crippen LogP contribution in [-0.4, -0.2) is 25.3 Å². The van der Waals surface area contributed by atoms with Crippen molar-refractivity contribution >= 4 is 17.1 Å². The standard InChI is InChI=1S/C19H12F3N5O2/c20-12-3-1-11(2-4-12)15-8-17-19(29)26(23-10-27(17)25-15)9-18(28)24-16-7-13(21)5-6-14(16)22/h1-8,10H,9H2,(H,24,28). The zero-order valence-electron chi connectivity index (χ0n) is 14.6. The lowest BCUT2D eigenvalue weighted by Crippen LogP contribution is -2.30. The third-order valence-electron chi connectivity index (χ3n) is 4.13. The van der Waals surface area contributed by atoms with Crippen LogP contribution in [0, 0.1) is 17.5 Å². The molecule has 0 aliphatic carbocycles. The Kier molecular flexibility index (Phi) is 4.59. The van der Waals surface area contributed by atoms with E-state index < -0.39 is 35.5 Å². The zero-order valence-corrected chi connectivity index (χ0v) is 14.6. The number of hydrogen-bond acceptors (Lipinski definition) is 4.